The molecule has 0 radical (unpaired) electrons. The number of fused-ring (bicyclic) bond motifs is 1. The summed E-state index contributed by atoms with van der Waals surface area (Å²) in [5, 5.41) is 17.4. The number of hydrogen-bond donors (Lipinski definition) is 0. The Kier molecular flexibility index (Phi) is 4.41. The lowest BCUT2D eigenvalue weighted by molar-refractivity contribution is 0.196. The van der Waals surface area contributed by atoms with Crippen molar-refractivity contribution in [2.24, 2.45) is 7.05 Å². The molecule has 1 aliphatic heterocycles. The summed E-state index contributed by atoms with van der Waals surface area (Å²) < 4.78 is 3.19. The molecule has 0 aromatic carbocycles. The number of rotatable bonds is 4. The van der Waals surface area contributed by atoms with E-state index in [0.29, 0.717) is 12.6 Å². The Bertz CT molecular complexity index is 1060. The van der Waals surface area contributed by atoms with Crippen LogP contribution in [0.25, 0.3) is 5.65 Å². The van der Waals surface area contributed by atoms with Crippen LogP contribution in [0.1, 0.15) is 32.2 Å². The molecule has 9 heteroatoms. The Hall–Kier alpha value is -2.81. The minimum Gasteiger partial charge on any atom is -0.352 e. The molecule has 0 saturated carbocycles. The van der Waals surface area contributed by atoms with Crippen molar-refractivity contribution in [3.8, 4) is 0 Å². The summed E-state index contributed by atoms with van der Waals surface area (Å²) in [5.41, 5.74) is 1.50. The molecule has 0 N–H and O–H groups in total. The van der Waals surface area contributed by atoms with Crippen molar-refractivity contribution in [1.29, 1.82) is 0 Å². The average molecular weight is 382 g/mol. The second-order valence-electron chi connectivity index (χ2n) is 8.53. The molecule has 1 fully saturated rings. The van der Waals surface area contributed by atoms with Crippen molar-refractivity contribution in [1.82, 2.24) is 34.5 Å². The monoisotopic (exact) mass is 382 g/mol. The largest absolute Gasteiger partial charge is 0.352 e. The molecule has 0 bridgehead atoms. The van der Waals surface area contributed by atoms with E-state index in [2.05, 4.69) is 52.9 Å². The normalized spacial score (nSPS) is 15.4. The third-order valence-electron chi connectivity index (χ3n) is 5.19. The van der Waals surface area contributed by atoms with E-state index in [-0.39, 0.29) is 11.0 Å². The predicted octanol–water partition coefficient (Wildman–Crippen LogP) is 0.836. The summed E-state index contributed by atoms with van der Waals surface area (Å²) in [6.45, 7) is 8.81. The maximum absolute atomic E-state index is 11.7. The summed E-state index contributed by atoms with van der Waals surface area (Å²) in [6, 6.07) is 6.02. The van der Waals surface area contributed by atoms with Gasteiger partial charge in [0.05, 0.1) is 6.20 Å². The Labute approximate surface area is 163 Å². The molecule has 0 unspecified atom stereocenters. The van der Waals surface area contributed by atoms with Gasteiger partial charge < -0.3 is 4.90 Å². The van der Waals surface area contributed by atoms with E-state index in [0.717, 1.165) is 35.9 Å². The first-order valence-electron chi connectivity index (χ1n) is 9.43. The number of hydrogen-bond acceptors (Lipinski definition) is 7. The van der Waals surface area contributed by atoms with Crippen molar-refractivity contribution in [3.63, 3.8) is 0 Å². The van der Waals surface area contributed by atoms with Gasteiger partial charge in [0.1, 0.15) is 5.82 Å². The van der Waals surface area contributed by atoms with Gasteiger partial charge in [0, 0.05) is 44.2 Å². The number of aryl methyl sites for hydroxylation is 1. The predicted molar refractivity (Wildman–Crippen MR) is 106 cm³/mol. The van der Waals surface area contributed by atoms with E-state index in [1.54, 1.807) is 19.3 Å². The summed E-state index contributed by atoms with van der Waals surface area (Å²) in [5.74, 6) is 1.79. The lowest BCUT2D eigenvalue weighted by Crippen LogP contribution is -2.58. The molecule has 1 aliphatic rings. The second kappa shape index (κ2) is 6.66. The van der Waals surface area contributed by atoms with E-state index in [9.17, 15) is 4.79 Å². The van der Waals surface area contributed by atoms with Gasteiger partial charge in [0.25, 0.3) is 5.56 Å². The molecule has 3 aromatic heterocycles. The van der Waals surface area contributed by atoms with Crippen LogP contribution in [-0.2, 0) is 19.0 Å². The van der Waals surface area contributed by atoms with Crippen LogP contribution < -0.4 is 10.5 Å². The van der Waals surface area contributed by atoms with Gasteiger partial charge in [0.2, 0.25) is 0 Å². The highest BCUT2D eigenvalue weighted by Gasteiger charge is 2.32. The number of anilines is 1. The molecule has 0 atom stereocenters. The third-order valence-corrected chi connectivity index (χ3v) is 5.19. The minimum atomic E-state index is -0.122. The molecular weight excluding hydrogens is 356 g/mol. The Morgan fingerprint density at radius 2 is 1.96 bits per heavy atom. The fourth-order valence-corrected chi connectivity index (χ4v) is 3.35. The van der Waals surface area contributed by atoms with Crippen molar-refractivity contribution in [2.45, 2.75) is 38.8 Å². The Balaban J connectivity index is 1.44. The molecule has 4 rings (SSSR count). The molecule has 0 aliphatic carbocycles. The summed E-state index contributed by atoms with van der Waals surface area (Å²) in [4.78, 5) is 16.2. The molecule has 28 heavy (non-hydrogen) atoms. The van der Waals surface area contributed by atoms with Crippen LogP contribution >= 0.6 is 0 Å². The van der Waals surface area contributed by atoms with Crippen LogP contribution in [0.3, 0.4) is 0 Å². The fraction of sp³-hybridized carbons (Fsp3) is 0.526. The maximum Gasteiger partial charge on any atom is 0.266 e. The maximum atomic E-state index is 11.7. The lowest BCUT2D eigenvalue weighted by Gasteiger charge is -2.44. The first-order chi connectivity index (χ1) is 13.2. The zero-order chi connectivity index (χ0) is 20.1. The minimum absolute atomic E-state index is 0.0813. The Morgan fingerprint density at radius 3 is 2.64 bits per heavy atom. The van der Waals surface area contributed by atoms with E-state index in [4.69, 9.17) is 5.10 Å². The van der Waals surface area contributed by atoms with Gasteiger partial charge in [-0.15, -0.1) is 15.3 Å². The molecule has 0 amide bonds. The molecule has 9 nitrogen and oxygen atoms in total. The van der Waals surface area contributed by atoms with Crippen LogP contribution in [-0.4, -0.2) is 60.7 Å². The van der Waals surface area contributed by atoms with E-state index in [1.807, 2.05) is 16.6 Å². The van der Waals surface area contributed by atoms with Gasteiger partial charge in [-0.3, -0.25) is 9.69 Å². The van der Waals surface area contributed by atoms with Crippen LogP contribution in [0.2, 0.25) is 0 Å². The van der Waals surface area contributed by atoms with Gasteiger partial charge in [-0.05, 0) is 24.7 Å². The Morgan fingerprint density at radius 1 is 1.21 bits per heavy atom. The number of nitrogens with zero attached hydrogens (tertiary/aromatic N) is 8. The number of aromatic nitrogens is 6. The third kappa shape index (κ3) is 3.37. The molecule has 0 spiro atoms. The molecule has 4 heterocycles. The summed E-state index contributed by atoms with van der Waals surface area (Å²) in [7, 11) is 3.73. The van der Waals surface area contributed by atoms with Crippen molar-refractivity contribution in [2.75, 3.05) is 25.0 Å². The van der Waals surface area contributed by atoms with Crippen molar-refractivity contribution in [3.05, 3.63) is 46.1 Å². The quantitative estimate of drug-likeness (QED) is 0.661. The first kappa shape index (κ1) is 18.5. The molecule has 1 saturated heterocycles. The average Bonchev–Trinajstić information content (AvgIpc) is 3.00. The van der Waals surface area contributed by atoms with Gasteiger partial charge in [-0.1, -0.05) is 20.8 Å². The zero-order valence-corrected chi connectivity index (χ0v) is 17.0. The smallest absolute Gasteiger partial charge is 0.266 e. The molecular formula is C19H26N8O. The van der Waals surface area contributed by atoms with Gasteiger partial charge in [0.15, 0.2) is 11.5 Å². The topological polar surface area (TPSA) is 84.5 Å². The molecule has 148 valence electrons. The highest BCUT2D eigenvalue weighted by molar-refractivity contribution is 5.48. The van der Waals surface area contributed by atoms with Gasteiger partial charge >= 0.3 is 0 Å². The SMILES string of the molecule is CN(Cc1cnn(C)c(=O)c1)C1CN(c2ccc3nnc(C(C)(C)C)n3n2)C1. The lowest BCUT2D eigenvalue weighted by atomic mass is 9.96. The highest BCUT2D eigenvalue weighted by atomic mass is 16.1. The summed E-state index contributed by atoms with van der Waals surface area (Å²) >= 11 is 0. The highest BCUT2D eigenvalue weighted by Crippen LogP contribution is 2.25. The van der Waals surface area contributed by atoms with E-state index < -0.39 is 0 Å². The fourth-order valence-electron chi connectivity index (χ4n) is 3.35. The number of likely N-dealkylation sites (N-methyl/N-ethyl adjacent to an activating group) is 1. The first-order valence-corrected chi connectivity index (χ1v) is 9.43. The van der Waals surface area contributed by atoms with Gasteiger partial charge in [-0.25, -0.2) is 4.68 Å². The van der Waals surface area contributed by atoms with E-state index >= 15 is 0 Å². The van der Waals surface area contributed by atoms with Crippen LogP contribution in [0.15, 0.2) is 29.2 Å². The van der Waals surface area contributed by atoms with Crippen LogP contribution in [0, 0.1) is 0 Å². The van der Waals surface area contributed by atoms with Crippen LogP contribution in [0.5, 0.6) is 0 Å². The molecule has 3 aromatic rings. The summed E-state index contributed by atoms with van der Waals surface area (Å²) in [6.07, 6.45) is 1.75. The second-order valence-corrected chi connectivity index (χ2v) is 8.53. The zero-order valence-electron chi connectivity index (χ0n) is 17.0. The van der Waals surface area contributed by atoms with Crippen LogP contribution in [0.4, 0.5) is 5.82 Å². The van der Waals surface area contributed by atoms with Crippen molar-refractivity contribution < 1.29 is 0 Å². The standard InChI is InChI=1S/C19H26N8O/c1-19(2,3)18-22-21-15-6-7-16(23-27(15)18)26-11-14(12-26)24(4)10-13-8-17(28)25(5)20-9-13/h6-9,14H,10-12H2,1-5H3. The van der Waals surface area contributed by atoms with Gasteiger partial charge in [-0.2, -0.15) is 9.61 Å². The van der Waals surface area contributed by atoms with Crippen molar-refractivity contribution >= 4 is 11.5 Å². The van der Waals surface area contributed by atoms with E-state index in [1.165, 1.54) is 4.68 Å².